The van der Waals surface area contributed by atoms with Gasteiger partial charge in [0.2, 0.25) is 10.0 Å². The van der Waals surface area contributed by atoms with E-state index in [4.69, 9.17) is 0 Å². The maximum absolute atomic E-state index is 12.5. The fraction of sp³-hybridized carbons (Fsp3) is 0.625. The summed E-state index contributed by atoms with van der Waals surface area (Å²) in [5, 5.41) is 3.07. The minimum absolute atomic E-state index is 0.408. The Morgan fingerprint density at radius 1 is 1.19 bits per heavy atom. The predicted octanol–water partition coefficient (Wildman–Crippen LogP) is 2.57. The van der Waals surface area contributed by atoms with Gasteiger partial charge in [-0.3, -0.25) is 0 Å². The number of hydrogen-bond acceptors (Lipinski definition) is 3. The second-order valence-electron chi connectivity index (χ2n) is 5.93. The van der Waals surface area contributed by atoms with Crippen LogP contribution in [-0.2, 0) is 16.6 Å². The molecule has 0 unspecified atom stereocenters. The van der Waals surface area contributed by atoms with Crippen molar-refractivity contribution in [2.45, 2.75) is 50.5 Å². The van der Waals surface area contributed by atoms with E-state index in [-0.39, 0.29) is 0 Å². The summed E-state index contributed by atoms with van der Waals surface area (Å²) < 4.78 is 27.8. The van der Waals surface area contributed by atoms with Gasteiger partial charge in [-0.2, -0.15) is 0 Å². The summed E-state index contributed by atoms with van der Waals surface area (Å²) in [4.78, 5) is 0.408. The molecule has 1 fully saturated rings. The first-order valence-electron chi connectivity index (χ1n) is 7.77. The van der Waals surface area contributed by atoms with Gasteiger partial charge < -0.3 is 5.32 Å². The molecular weight excluding hydrogens is 284 g/mol. The minimum atomic E-state index is -3.41. The van der Waals surface area contributed by atoms with E-state index in [9.17, 15) is 8.42 Å². The van der Waals surface area contributed by atoms with E-state index in [1.54, 1.807) is 6.07 Å². The fourth-order valence-electron chi connectivity index (χ4n) is 3.03. The summed E-state index contributed by atoms with van der Waals surface area (Å²) in [5.41, 5.74) is 1.86. The zero-order chi connectivity index (χ0) is 15.3. The average molecular weight is 310 g/mol. The quantitative estimate of drug-likeness (QED) is 0.849. The lowest BCUT2D eigenvalue weighted by atomic mass is 9.90. The third-order valence-corrected chi connectivity index (χ3v) is 5.91. The molecule has 0 atom stereocenters. The summed E-state index contributed by atoms with van der Waals surface area (Å²) in [6, 6.07) is 5.47. The highest BCUT2D eigenvalue weighted by molar-refractivity contribution is 7.89. The topological polar surface area (TPSA) is 58.2 Å². The molecule has 0 saturated heterocycles. The van der Waals surface area contributed by atoms with E-state index in [2.05, 4.69) is 10.0 Å². The minimum Gasteiger partial charge on any atom is -0.316 e. The summed E-state index contributed by atoms with van der Waals surface area (Å²) in [6.07, 6.45) is 6.02. The lowest BCUT2D eigenvalue weighted by Crippen LogP contribution is -2.31. The standard InChI is InChI=1S/C16H26N2O2S/c1-13-15(12-17-2)9-6-10-16(13)21(19,20)18-11-14-7-4-3-5-8-14/h6,9-10,14,17-18H,3-5,7-8,11-12H2,1-2H3. The van der Waals surface area contributed by atoms with Crippen LogP contribution < -0.4 is 10.0 Å². The maximum Gasteiger partial charge on any atom is 0.240 e. The normalized spacial score (nSPS) is 17.0. The highest BCUT2D eigenvalue weighted by Crippen LogP contribution is 2.24. The Hall–Kier alpha value is -0.910. The second kappa shape index (κ2) is 7.38. The molecule has 4 nitrogen and oxygen atoms in total. The molecule has 5 heteroatoms. The molecule has 0 aromatic heterocycles. The molecule has 0 amide bonds. The maximum atomic E-state index is 12.5. The lowest BCUT2D eigenvalue weighted by Gasteiger charge is -2.22. The molecule has 118 valence electrons. The van der Waals surface area contributed by atoms with Crippen LogP contribution in [0.15, 0.2) is 23.1 Å². The monoisotopic (exact) mass is 310 g/mol. The molecule has 0 bridgehead atoms. The van der Waals surface area contributed by atoms with E-state index >= 15 is 0 Å². The summed E-state index contributed by atoms with van der Waals surface area (Å²) >= 11 is 0. The largest absolute Gasteiger partial charge is 0.316 e. The van der Waals surface area contributed by atoms with Crippen molar-refractivity contribution in [2.24, 2.45) is 5.92 Å². The lowest BCUT2D eigenvalue weighted by molar-refractivity contribution is 0.357. The molecule has 0 radical (unpaired) electrons. The van der Waals surface area contributed by atoms with Crippen molar-refractivity contribution >= 4 is 10.0 Å². The zero-order valence-corrected chi connectivity index (χ0v) is 13.8. The van der Waals surface area contributed by atoms with Crippen LogP contribution in [0.2, 0.25) is 0 Å². The van der Waals surface area contributed by atoms with Gasteiger partial charge in [0.25, 0.3) is 0 Å². The number of hydrogen-bond donors (Lipinski definition) is 2. The van der Waals surface area contributed by atoms with Crippen LogP contribution in [0, 0.1) is 12.8 Å². The van der Waals surface area contributed by atoms with Crippen LogP contribution in [-0.4, -0.2) is 22.0 Å². The molecule has 2 rings (SSSR count). The average Bonchev–Trinajstić information content (AvgIpc) is 2.48. The van der Waals surface area contributed by atoms with E-state index in [0.29, 0.717) is 23.9 Å². The molecule has 1 aromatic rings. The van der Waals surface area contributed by atoms with Crippen molar-refractivity contribution in [1.29, 1.82) is 0 Å². The molecule has 1 aliphatic rings. The third kappa shape index (κ3) is 4.28. The number of rotatable bonds is 6. The number of nitrogens with one attached hydrogen (secondary N) is 2. The van der Waals surface area contributed by atoms with Crippen molar-refractivity contribution in [3.63, 3.8) is 0 Å². The van der Waals surface area contributed by atoms with Crippen LogP contribution in [0.3, 0.4) is 0 Å². The molecule has 1 aromatic carbocycles. The Labute approximate surface area is 128 Å². The first-order valence-corrected chi connectivity index (χ1v) is 9.25. The van der Waals surface area contributed by atoms with Gasteiger partial charge in [-0.15, -0.1) is 0 Å². The SMILES string of the molecule is CNCc1cccc(S(=O)(=O)NCC2CCCCC2)c1C. The van der Waals surface area contributed by atoms with Crippen molar-refractivity contribution in [1.82, 2.24) is 10.0 Å². The van der Waals surface area contributed by atoms with Gasteiger partial charge in [0.1, 0.15) is 0 Å². The molecule has 0 heterocycles. The van der Waals surface area contributed by atoms with Gasteiger partial charge in [-0.25, -0.2) is 13.1 Å². The summed E-state index contributed by atoms with van der Waals surface area (Å²) in [5.74, 6) is 0.495. The predicted molar refractivity (Wildman–Crippen MR) is 85.7 cm³/mol. The van der Waals surface area contributed by atoms with Crippen LogP contribution in [0.5, 0.6) is 0 Å². The van der Waals surface area contributed by atoms with Gasteiger partial charge in [0.15, 0.2) is 0 Å². The van der Waals surface area contributed by atoms with Crippen LogP contribution in [0.1, 0.15) is 43.2 Å². The van der Waals surface area contributed by atoms with Gasteiger partial charge in [0, 0.05) is 13.1 Å². The van der Waals surface area contributed by atoms with Gasteiger partial charge >= 0.3 is 0 Å². The van der Waals surface area contributed by atoms with E-state index < -0.39 is 10.0 Å². The Morgan fingerprint density at radius 2 is 1.90 bits per heavy atom. The Bertz CT molecular complexity index is 564. The van der Waals surface area contributed by atoms with Crippen molar-refractivity contribution in [2.75, 3.05) is 13.6 Å². The molecule has 0 spiro atoms. The Kier molecular flexibility index (Phi) is 5.79. The molecule has 21 heavy (non-hydrogen) atoms. The summed E-state index contributed by atoms with van der Waals surface area (Å²) in [7, 11) is -1.55. The second-order valence-corrected chi connectivity index (χ2v) is 7.66. The van der Waals surface area contributed by atoms with Gasteiger partial charge in [0.05, 0.1) is 4.90 Å². The molecular formula is C16H26N2O2S. The highest BCUT2D eigenvalue weighted by Gasteiger charge is 2.21. The summed E-state index contributed by atoms with van der Waals surface area (Å²) in [6.45, 7) is 3.12. The zero-order valence-electron chi connectivity index (χ0n) is 13.0. The molecule has 2 N–H and O–H groups in total. The molecule has 0 aliphatic heterocycles. The number of benzene rings is 1. The van der Waals surface area contributed by atoms with Crippen molar-refractivity contribution < 1.29 is 8.42 Å². The van der Waals surface area contributed by atoms with Gasteiger partial charge in [-0.1, -0.05) is 31.4 Å². The first kappa shape index (κ1) is 16.5. The third-order valence-electron chi connectivity index (χ3n) is 4.34. The van der Waals surface area contributed by atoms with Crippen molar-refractivity contribution in [3.05, 3.63) is 29.3 Å². The smallest absolute Gasteiger partial charge is 0.240 e. The van der Waals surface area contributed by atoms with Crippen LogP contribution in [0.4, 0.5) is 0 Å². The fourth-order valence-corrected chi connectivity index (χ4v) is 4.43. The first-order chi connectivity index (χ1) is 10.0. The van der Waals surface area contributed by atoms with Gasteiger partial charge in [-0.05, 0) is 49.9 Å². The van der Waals surface area contributed by atoms with Crippen LogP contribution >= 0.6 is 0 Å². The molecule has 1 saturated carbocycles. The number of sulfonamides is 1. The Balaban J connectivity index is 2.09. The molecule has 1 aliphatic carbocycles. The van der Waals surface area contributed by atoms with E-state index in [0.717, 1.165) is 24.0 Å². The van der Waals surface area contributed by atoms with Crippen LogP contribution in [0.25, 0.3) is 0 Å². The Morgan fingerprint density at radius 3 is 2.57 bits per heavy atom. The highest BCUT2D eigenvalue weighted by atomic mass is 32.2. The van der Waals surface area contributed by atoms with Crippen molar-refractivity contribution in [3.8, 4) is 0 Å². The van der Waals surface area contributed by atoms with E-state index in [1.807, 2.05) is 26.1 Å². The van der Waals surface area contributed by atoms with E-state index in [1.165, 1.54) is 19.3 Å².